The third-order valence-electron chi connectivity index (χ3n) is 2.22. The molecule has 0 aromatic carbocycles. The molecule has 0 spiro atoms. The third kappa shape index (κ3) is 4.54. The summed E-state index contributed by atoms with van der Waals surface area (Å²) >= 11 is 1.39. The van der Waals surface area contributed by atoms with Gasteiger partial charge in [-0.1, -0.05) is 31.3 Å². The van der Waals surface area contributed by atoms with Gasteiger partial charge in [-0.3, -0.25) is 10.1 Å². The highest BCUT2D eigenvalue weighted by Crippen LogP contribution is 2.22. The number of nitrogens with one attached hydrogen (secondary N) is 1. The number of carbonyl (C=O) groups is 1. The molecule has 0 bridgehead atoms. The largest absolute Gasteiger partial charge is 0.368 e. The van der Waals surface area contributed by atoms with E-state index in [1.807, 2.05) is 13.8 Å². The molecule has 1 rings (SSSR count). The predicted molar refractivity (Wildman–Crippen MR) is 72.9 cm³/mol. The highest BCUT2D eigenvalue weighted by molar-refractivity contribution is 7.15. The molecular weight excluding hydrogens is 250 g/mol. The highest BCUT2D eigenvalue weighted by Gasteiger charge is 2.16. The molecule has 1 aromatic rings. The van der Waals surface area contributed by atoms with E-state index >= 15 is 0 Å². The number of hydrogen-bond donors (Lipinski definition) is 1. The zero-order chi connectivity index (χ0) is 13.5. The van der Waals surface area contributed by atoms with E-state index in [1.165, 1.54) is 11.3 Å². The molecule has 1 unspecified atom stereocenters. The maximum atomic E-state index is 11.8. The molecule has 0 fully saturated rings. The van der Waals surface area contributed by atoms with Crippen molar-refractivity contribution in [2.24, 2.45) is 0 Å². The Balaban J connectivity index is 2.45. The van der Waals surface area contributed by atoms with E-state index in [0.717, 1.165) is 11.4 Å². The molecule has 1 aromatic heterocycles. The van der Waals surface area contributed by atoms with E-state index in [4.69, 9.17) is 4.74 Å². The molecular formula is C12H19N3O2S. The lowest BCUT2D eigenvalue weighted by Gasteiger charge is -2.10. The Labute approximate surface area is 111 Å². The molecule has 0 aliphatic heterocycles. The van der Waals surface area contributed by atoms with Crippen LogP contribution in [0.5, 0.6) is 0 Å². The first-order valence-corrected chi connectivity index (χ1v) is 6.73. The standard InChI is InChI=1S/C12H19N3O2S/c1-5-6-7-17-9(4)10(16)13-12-15-14-11(18-12)8(2)3/h5,8-9H,1,6-7H2,2-4H3,(H,13,15,16). The molecule has 0 saturated carbocycles. The van der Waals surface area contributed by atoms with Gasteiger partial charge >= 0.3 is 0 Å². The molecule has 0 saturated heterocycles. The number of carbonyl (C=O) groups excluding carboxylic acids is 1. The van der Waals surface area contributed by atoms with E-state index in [9.17, 15) is 4.79 Å². The van der Waals surface area contributed by atoms with Gasteiger partial charge in [-0.2, -0.15) is 0 Å². The first-order valence-electron chi connectivity index (χ1n) is 5.91. The van der Waals surface area contributed by atoms with Crippen LogP contribution >= 0.6 is 11.3 Å². The second-order valence-corrected chi connectivity index (χ2v) is 5.19. The topological polar surface area (TPSA) is 64.1 Å². The highest BCUT2D eigenvalue weighted by atomic mass is 32.1. The lowest BCUT2D eigenvalue weighted by Crippen LogP contribution is -2.27. The van der Waals surface area contributed by atoms with Crippen molar-refractivity contribution in [1.82, 2.24) is 10.2 Å². The van der Waals surface area contributed by atoms with Crippen molar-refractivity contribution >= 4 is 22.4 Å². The van der Waals surface area contributed by atoms with Crippen LogP contribution in [-0.4, -0.2) is 28.8 Å². The van der Waals surface area contributed by atoms with Crippen LogP contribution in [0.2, 0.25) is 0 Å². The van der Waals surface area contributed by atoms with E-state index in [0.29, 0.717) is 17.7 Å². The fourth-order valence-corrected chi connectivity index (χ4v) is 1.88. The molecule has 1 amide bonds. The number of anilines is 1. The van der Waals surface area contributed by atoms with Gasteiger partial charge in [0.05, 0.1) is 6.61 Å². The van der Waals surface area contributed by atoms with Crippen LogP contribution in [-0.2, 0) is 9.53 Å². The van der Waals surface area contributed by atoms with Gasteiger partial charge in [0.2, 0.25) is 5.13 Å². The molecule has 1 atom stereocenters. The zero-order valence-corrected chi connectivity index (χ0v) is 11.8. The summed E-state index contributed by atoms with van der Waals surface area (Å²) in [5.74, 6) is 0.111. The molecule has 0 aliphatic carbocycles. The maximum absolute atomic E-state index is 11.8. The fraction of sp³-hybridized carbons (Fsp3) is 0.583. The second-order valence-electron chi connectivity index (χ2n) is 4.18. The summed E-state index contributed by atoms with van der Waals surface area (Å²) < 4.78 is 5.34. The number of rotatable bonds is 7. The van der Waals surface area contributed by atoms with Gasteiger partial charge in [0.15, 0.2) is 0 Å². The van der Waals surface area contributed by atoms with Gasteiger partial charge < -0.3 is 4.74 Å². The summed E-state index contributed by atoms with van der Waals surface area (Å²) in [4.78, 5) is 11.8. The number of hydrogen-bond acceptors (Lipinski definition) is 5. The van der Waals surface area contributed by atoms with Gasteiger partial charge in [0.1, 0.15) is 11.1 Å². The van der Waals surface area contributed by atoms with Crippen LogP contribution in [0.25, 0.3) is 0 Å². The Bertz CT molecular complexity index is 404. The van der Waals surface area contributed by atoms with Crippen LogP contribution in [0.1, 0.15) is 38.1 Å². The number of aromatic nitrogens is 2. The van der Waals surface area contributed by atoms with Crippen molar-refractivity contribution in [3.63, 3.8) is 0 Å². The van der Waals surface area contributed by atoms with Gasteiger partial charge in [0.25, 0.3) is 5.91 Å². The average Bonchev–Trinajstić information content (AvgIpc) is 2.77. The summed E-state index contributed by atoms with van der Waals surface area (Å²) in [5.41, 5.74) is 0. The summed E-state index contributed by atoms with van der Waals surface area (Å²) in [6.45, 7) is 9.86. The fourth-order valence-electron chi connectivity index (χ4n) is 1.13. The average molecular weight is 269 g/mol. The maximum Gasteiger partial charge on any atom is 0.255 e. The summed E-state index contributed by atoms with van der Waals surface area (Å²) in [6.07, 6.45) is 1.98. The predicted octanol–water partition coefficient (Wildman–Crippen LogP) is 2.58. The lowest BCUT2D eigenvalue weighted by molar-refractivity contribution is -0.126. The Morgan fingerprint density at radius 2 is 2.22 bits per heavy atom. The van der Waals surface area contributed by atoms with E-state index in [1.54, 1.807) is 13.0 Å². The van der Waals surface area contributed by atoms with Crippen molar-refractivity contribution in [2.75, 3.05) is 11.9 Å². The van der Waals surface area contributed by atoms with Crippen molar-refractivity contribution in [2.45, 2.75) is 39.2 Å². The number of nitrogens with zero attached hydrogens (tertiary/aromatic N) is 2. The minimum atomic E-state index is -0.503. The Morgan fingerprint density at radius 1 is 1.50 bits per heavy atom. The molecule has 0 radical (unpaired) electrons. The van der Waals surface area contributed by atoms with E-state index in [-0.39, 0.29) is 5.91 Å². The Morgan fingerprint density at radius 3 is 2.78 bits per heavy atom. The normalized spacial score (nSPS) is 12.4. The first-order chi connectivity index (χ1) is 8.54. The molecule has 1 heterocycles. The van der Waals surface area contributed by atoms with Crippen LogP contribution in [0, 0.1) is 0 Å². The number of amides is 1. The smallest absolute Gasteiger partial charge is 0.255 e. The van der Waals surface area contributed by atoms with Crippen molar-refractivity contribution in [3.8, 4) is 0 Å². The molecule has 5 nitrogen and oxygen atoms in total. The molecule has 6 heteroatoms. The van der Waals surface area contributed by atoms with Gasteiger partial charge in [-0.05, 0) is 13.3 Å². The van der Waals surface area contributed by atoms with E-state index < -0.39 is 6.10 Å². The van der Waals surface area contributed by atoms with Crippen molar-refractivity contribution < 1.29 is 9.53 Å². The number of ether oxygens (including phenoxy) is 1. The van der Waals surface area contributed by atoms with E-state index in [2.05, 4.69) is 22.1 Å². The van der Waals surface area contributed by atoms with Gasteiger partial charge in [-0.25, -0.2) is 0 Å². The summed E-state index contributed by atoms with van der Waals surface area (Å²) in [6, 6.07) is 0. The van der Waals surface area contributed by atoms with Crippen molar-refractivity contribution in [1.29, 1.82) is 0 Å². The monoisotopic (exact) mass is 269 g/mol. The third-order valence-corrected chi connectivity index (χ3v) is 3.36. The van der Waals surface area contributed by atoms with Gasteiger partial charge in [-0.15, -0.1) is 16.8 Å². The Hall–Kier alpha value is -1.27. The summed E-state index contributed by atoms with van der Waals surface area (Å²) in [7, 11) is 0. The minimum absolute atomic E-state index is 0.203. The molecule has 18 heavy (non-hydrogen) atoms. The van der Waals surface area contributed by atoms with Crippen LogP contribution in [0.15, 0.2) is 12.7 Å². The lowest BCUT2D eigenvalue weighted by atomic mass is 10.2. The molecule has 100 valence electrons. The Kier molecular flexibility index (Phi) is 5.94. The minimum Gasteiger partial charge on any atom is -0.368 e. The summed E-state index contributed by atoms with van der Waals surface area (Å²) in [5, 5.41) is 12.0. The zero-order valence-electron chi connectivity index (χ0n) is 11.0. The molecule has 1 N–H and O–H groups in total. The van der Waals surface area contributed by atoms with Crippen molar-refractivity contribution in [3.05, 3.63) is 17.7 Å². The SMILES string of the molecule is C=CCCOC(C)C(=O)Nc1nnc(C(C)C)s1. The second kappa shape index (κ2) is 7.23. The first kappa shape index (κ1) is 14.8. The van der Waals surface area contributed by atoms with Gasteiger partial charge in [0, 0.05) is 5.92 Å². The van der Waals surface area contributed by atoms with Crippen LogP contribution in [0.3, 0.4) is 0 Å². The molecule has 0 aliphatic rings. The van der Waals surface area contributed by atoms with Crippen LogP contribution < -0.4 is 5.32 Å². The quantitative estimate of drug-likeness (QED) is 0.610. The van der Waals surface area contributed by atoms with Crippen LogP contribution in [0.4, 0.5) is 5.13 Å².